The van der Waals surface area contributed by atoms with Crippen molar-refractivity contribution in [1.82, 2.24) is 10.1 Å². The molecular formula is C16H20N2O2. The van der Waals surface area contributed by atoms with Crippen LogP contribution in [-0.4, -0.2) is 15.2 Å². The molecular weight excluding hydrogens is 252 g/mol. The van der Waals surface area contributed by atoms with E-state index < -0.39 is 0 Å². The van der Waals surface area contributed by atoms with Crippen molar-refractivity contribution in [2.45, 2.75) is 50.9 Å². The van der Waals surface area contributed by atoms with Gasteiger partial charge in [-0.3, -0.25) is 0 Å². The Morgan fingerprint density at radius 2 is 1.80 bits per heavy atom. The van der Waals surface area contributed by atoms with Crippen molar-refractivity contribution in [2.24, 2.45) is 0 Å². The minimum atomic E-state index is 0.216. The van der Waals surface area contributed by atoms with Crippen LogP contribution in [0, 0.1) is 0 Å². The van der Waals surface area contributed by atoms with E-state index in [0.717, 1.165) is 24.2 Å². The molecule has 0 amide bonds. The van der Waals surface area contributed by atoms with Crippen LogP contribution in [0.25, 0.3) is 11.5 Å². The van der Waals surface area contributed by atoms with Crippen LogP contribution < -0.4 is 0 Å². The Kier molecular flexibility index (Phi) is 4.00. The molecule has 4 nitrogen and oxygen atoms in total. The summed E-state index contributed by atoms with van der Waals surface area (Å²) in [5.74, 6) is 1.96. The largest absolute Gasteiger partial charge is 0.508 e. The Bertz CT molecular complexity index is 557. The van der Waals surface area contributed by atoms with Crippen LogP contribution >= 0.6 is 0 Å². The molecule has 0 saturated heterocycles. The molecule has 1 aromatic carbocycles. The summed E-state index contributed by atoms with van der Waals surface area (Å²) in [7, 11) is 0. The van der Waals surface area contributed by atoms with Gasteiger partial charge >= 0.3 is 0 Å². The van der Waals surface area contributed by atoms with Gasteiger partial charge in [-0.1, -0.05) is 43.3 Å². The fraction of sp³-hybridized carbons (Fsp3) is 0.500. The lowest BCUT2D eigenvalue weighted by Gasteiger charge is -2.15. The van der Waals surface area contributed by atoms with Gasteiger partial charge in [0.25, 0.3) is 5.89 Å². The Labute approximate surface area is 118 Å². The first-order valence-electron chi connectivity index (χ1n) is 7.46. The van der Waals surface area contributed by atoms with Gasteiger partial charge in [-0.15, -0.1) is 0 Å². The van der Waals surface area contributed by atoms with Gasteiger partial charge in [0.05, 0.1) is 0 Å². The Balaban J connectivity index is 1.78. The van der Waals surface area contributed by atoms with Crippen LogP contribution in [0.3, 0.4) is 0 Å². The molecule has 1 aliphatic rings. The van der Waals surface area contributed by atoms with Crippen molar-refractivity contribution in [2.75, 3.05) is 0 Å². The maximum absolute atomic E-state index is 9.51. The summed E-state index contributed by atoms with van der Waals surface area (Å²) in [6.07, 6.45) is 8.79. The first-order chi connectivity index (χ1) is 9.83. The average Bonchev–Trinajstić information content (AvgIpc) is 2.88. The Hall–Kier alpha value is -1.84. The zero-order valence-electron chi connectivity index (χ0n) is 11.6. The lowest BCUT2D eigenvalue weighted by atomic mass is 9.91. The van der Waals surface area contributed by atoms with Crippen molar-refractivity contribution < 1.29 is 9.63 Å². The topological polar surface area (TPSA) is 59.2 Å². The summed E-state index contributed by atoms with van der Waals surface area (Å²) in [5.41, 5.74) is 0.773. The zero-order chi connectivity index (χ0) is 13.8. The Morgan fingerprint density at radius 1 is 1.05 bits per heavy atom. The van der Waals surface area contributed by atoms with Crippen molar-refractivity contribution in [3.63, 3.8) is 0 Å². The van der Waals surface area contributed by atoms with E-state index in [4.69, 9.17) is 4.52 Å². The van der Waals surface area contributed by atoms with Crippen molar-refractivity contribution >= 4 is 0 Å². The van der Waals surface area contributed by atoms with Gasteiger partial charge in [0.1, 0.15) is 5.75 Å². The number of phenols is 1. The normalized spacial score (nSPS) is 17.6. The van der Waals surface area contributed by atoms with E-state index in [1.54, 1.807) is 18.2 Å². The predicted molar refractivity (Wildman–Crippen MR) is 76.5 cm³/mol. The molecule has 1 fully saturated rings. The molecule has 1 N–H and O–H groups in total. The quantitative estimate of drug-likeness (QED) is 0.886. The molecule has 0 radical (unpaired) electrons. The fourth-order valence-electron chi connectivity index (χ4n) is 2.87. The summed E-state index contributed by atoms with van der Waals surface area (Å²) in [4.78, 5) is 4.53. The molecule has 4 heteroatoms. The summed E-state index contributed by atoms with van der Waals surface area (Å²) in [6, 6.07) is 6.94. The fourth-order valence-corrected chi connectivity index (χ4v) is 2.87. The molecule has 0 spiro atoms. The third-order valence-electron chi connectivity index (χ3n) is 4.01. The minimum Gasteiger partial charge on any atom is -0.508 e. The second-order valence-electron chi connectivity index (χ2n) is 5.55. The SMILES string of the molecule is Oc1cccc(-c2nc(C3CCCCCCC3)no2)c1. The maximum atomic E-state index is 9.51. The summed E-state index contributed by atoms with van der Waals surface area (Å²) in [5, 5.41) is 13.7. The molecule has 106 valence electrons. The molecule has 3 rings (SSSR count). The molecule has 1 heterocycles. The number of aromatic hydroxyl groups is 1. The number of hydrogen-bond acceptors (Lipinski definition) is 4. The summed E-state index contributed by atoms with van der Waals surface area (Å²) in [6.45, 7) is 0. The molecule has 0 atom stereocenters. The second-order valence-corrected chi connectivity index (χ2v) is 5.55. The number of phenolic OH excluding ortho intramolecular Hbond substituents is 1. The first kappa shape index (κ1) is 13.2. The van der Waals surface area contributed by atoms with Crippen molar-refractivity contribution in [1.29, 1.82) is 0 Å². The predicted octanol–water partition coefficient (Wildman–Crippen LogP) is 4.27. The average molecular weight is 272 g/mol. The van der Waals surface area contributed by atoms with Crippen LogP contribution in [0.4, 0.5) is 0 Å². The van der Waals surface area contributed by atoms with Gasteiger partial charge in [0.15, 0.2) is 5.82 Å². The van der Waals surface area contributed by atoms with Crippen LogP contribution in [0.15, 0.2) is 28.8 Å². The van der Waals surface area contributed by atoms with Crippen LogP contribution in [0.1, 0.15) is 56.7 Å². The standard InChI is InChI=1S/C16H20N2O2/c19-14-10-6-9-13(11-14)16-17-15(18-20-16)12-7-4-2-1-3-5-8-12/h6,9-12,19H,1-5,7-8H2. The molecule has 0 bridgehead atoms. The molecule has 0 unspecified atom stereocenters. The zero-order valence-corrected chi connectivity index (χ0v) is 11.6. The van der Waals surface area contributed by atoms with Gasteiger partial charge in [-0.05, 0) is 31.0 Å². The van der Waals surface area contributed by atoms with Gasteiger partial charge in [0, 0.05) is 11.5 Å². The minimum absolute atomic E-state index is 0.216. The Morgan fingerprint density at radius 3 is 2.55 bits per heavy atom. The highest BCUT2D eigenvalue weighted by Crippen LogP contribution is 2.31. The van der Waals surface area contributed by atoms with Gasteiger partial charge in [0.2, 0.25) is 0 Å². The van der Waals surface area contributed by atoms with E-state index in [1.807, 2.05) is 6.07 Å². The first-order valence-corrected chi connectivity index (χ1v) is 7.46. The third-order valence-corrected chi connectivity index (χ3v) is 4.01. The summed E-state index contributed by atoms with van der Waals surface area (Å²) < 4.78 is 5.36. The van der Waals surface area contributed by atoms with E-state index >= 15 is 0 Å². The maximum Gasteiger partial charge on any atom is 0.258 e. The van der Waals surface area contributed by atoms with E-state index in [0.29, 0.717) is 11.8 Å². The van der Waals surface area contributed by atoms with E-state index in [9.17, 15) is 5.11 Å². The molecule has 0 aliphatic heterocycles. The monoisotopic (exact) mass is 272 g/mol. The number of hydrogen-bond donors (Lipinski definition) is 1. The molecule has 20 heavy (non-hydrogen) atoms. The molecule has 2 aromatic rings. The van der Waals surface area contributed by atoms with Gasteiger partial charge in [-0.2, -0.15) is 4.98 Å². The highest BCUT2D eigenvalue weighted by molar-refractivity contribution is 5.55. The van der Waals surface area contributed by atoms with Crippen molar-refractivity contribution in [3.05, 3.63) is 30.1 Å². The highest BCUT2D eigenvalue weighted by atomic mass is 16.5. The van der Waals surface area contributed by atoms with Crippen LogP contribution in [-0.2, 0) is 0 Å². The second kappa shape index (κ2) is 6.07. The van der Waals surface area contributed by atoms with Crippen LogP contribution in [0.5, 0.6) is 5.75 Å². The summed E-state index contributed by atoms with van der Waals surface area (Å²) >= 11 is 0. The van der Waals surface area contributed by atoms with Gasteiger partial charge in [-0.25, -0.2) is 0 Å². The number of benzene rings is 1. The molecule has 1 saturated carbocycles. The lowest BCUT2D eigenvalue weighted by molar-refractivity contribution is 0.393. The van der Waals surface area contributed by atoms with Gasteiger partial charge < -0.3 is 9.63 Å². The van der Waals surface area contributed by atoms with E-state index in [1.165, 1.54) is 32.1 Å². The van der Waals surface area contributed by atoms with Crippen molar-refractivity contribution in [3.8, 4) is 17.2 Å². The molecule has 1 aromatic heterocycles. The van der Waals surface area contributed by atoms with E-state index in [-0.39, 0.29) is 5.75 Å². The molecule has 1 aliphatic carbocycles. The smallest absolute Gasteiger partial charge is 0.258 e. The van der Waals surface area contributed by atoms with E-state index in [2.05, 4.69) is 10.1 Å². The third kappa shape index (κ3) is 3.00. The highest BCUT2D eigenvalue weighted by Gasteiger charge is 2.19. The van der Waals surface area contributed by atoms with Crippen LogP contribution in [0.2, 0.25) is 0 Å². The lowest BCUT2D eigenvalue weighted by Crippen LogP contribution is -2.04. The number of rotatable bonds is 2. The number of nitrogens with zero attached hydrogens (tertiary/aromatic N) is 2. The number of aromatic nitrogens is 2.